The quantitative estimate of drug-likeness (QED) is 0.895. The lowest BCUT2D eigenvalue weighted by molar-refractivity contribution is -0.143. The summed E-state index contributed by atoms with van der Waals surface area (Å²) in [5, 5.41) is 20.2. The summed E-state index contributed by atoms with van der Waals surface area (Å²) in [5.41, 5.74) is -0.492. The van der Waals surface area contributed by atoms with E-state index in [1.807, 2.05) is 42.5 Å². The van der Waals surface area contributed by atoms with Crippen LogP contribution in [-0.2, 0) is 10.2 Å². The maximum Gasteiger partial charge on any atom is 0.314 e. The molecule has 0 saturated heterocycles. The molecule has 2 rings (SSSR count). The number of carboxylic acids is 1. The first-order chi connectivity index (χ1) is 8.58. The number of hydrogen-bond donors (Lipinski definition) is 1. The minimum Gasteiger partial charge on any atom is -0.481 e. The van der Waals surface area contributed by atoms with Crippen molar-refractivity contribution in [2.24, 2.45) is 0 Å². The second kappa shape index (κ2) is 4.50. The normalized spacial score (nSPS) is 13.8. The van der Waals surface area contributed by atoms with Crippen molar-refractivity contribution in [3.8, 4) is 6.07 Å². The molecule has 1 unspecified atom stereocenters. The second-order valence-electron chi connectivity index (χ2n) is 4.53. The SMILES string of the molecule is CC(CC#N)(C(=O)O)c1ccc2ccccc2c1. The molecule has 3 heteroatoms. The van der Waals surface area contributed by atoms with Gasteiger partial charge in [-0.2, -0.15) is 5.26 Å². The molecule has 0 aromatic heterocycles. The lowest BCUT2D eigenvalue weighted by atomic mass is 9.79. The van der Waals surface area contributed by atoms with Gasteiger partial charge in [-0.05, 0) is 29.3 Å². The van der Waals surface area contributed by atoms with Gasteiger partial charge < -0.3 is 5.11 Å². The summed E-state index contributed by atoms with van der Waals surface area (Å²) in [6, 6.07) is 15.2. The highest BCUT2D eigenvalue weighted by Crippen LogP contribution is 2.30. The summed E-state index contributed by atoms with van der Waals surface area (Å²) in [5.74, 6) is -0.973. The zero-order valence-corrected chi connectivity index (χ0v) is 10.1. The number of nitrogens with zero attached hydrogens (tertiary/aromatic N) is 1. The van der Waals surface area contributed by atoms with Crippen molar-refractivity contribution in [1.29, 1.82) is 5.26 Å². The molecule has 90 valence electrons. The number of fused-ring (bicyclic) bond motifs is 1. The molecule has 0 radical (unpaired) electrons. The number of benzene rings is 2. The monoisotopic (exact) mass is 239 g/mol. The van der Waals surface area contributed by atoms with Gasteiger partial charge in [0.05, 0.1) is 12.5 Å². The number of aliphatic carboxylic acids is 1. The fourth-order valence-electron chi connectivity index (χ4n) is 1.99. The Labute approximate surface area is 105 Å². The van der Waals surface area contributed by atoms with Crippen LogP contribution in [0.5, 0.6) is 0 Å². The third-order valence-electron chi connectivity index (χ3n) is 3.29. The predicted octanol–water partition coefficient (Wildman–Crippen LogP) is 3.10. The van der Waals surface area contributed by atoms with Crippen LogP contribution in [0.15, 0.2) is 42.5 Å². The zero-order valence-electron chi connectivity index (χ0n) is 10.1. The minimum atomic E-state index is -1.15. The molecule has 0 spiro atoms. The van der Waals surface area contributed by atoms with Crippen LogP contribution in [0.1, 0.15) is 18.9 Å². The van der Waals surface area contributed by atoms with Gasteiger partial charge in [-0.15, -0.1) is 0 Å². The van der Waals surface area contributed by atoms with Gasteiger partial charge >= 0.3 is 5.97 Å². The molecule has 0 aliphatic carbocycles. The average Bonchev–Trinajstić information content (AvgIpc) is 2.38. The minimum absolute atomic E-state index is 0.0410. The fraction of sp³-hybridized carbons (Fsp3) is 0.200. The number of carboxylic acid groups (broad SMARTS) is 1. The molecule has 0 heterocycles. The standard InChI is InChI=1S/C15H13NO2/c1-15(8-9-16,14(17)18)13-7-6-11-4-2-3-5-12(11)10-13/h2-7,10H,8H2,1H3,(H,17,18). The summed E-state index contributed by atoms with van der Waals surface area (Å²) in [6.07, 6.45) is -0.0410. The van der Waals surface area contributed by atoms with Crippen LogP contribution < -0.4 is 0 Å². The highest BCUT2D eigenvalue weighted by Gasteiger charge is 2.35. The van der Waals surface area contributed by atoms with Crippen molar-refractivity contribution in [2.75, 3.05) is 0 Å². The molecule has 2 aromatic rings. The predicted molar refractivity (Wildman–Crippen MR) is 69.2 cm³/mol. The van der Waals surface area contributed by atoms with E-state index in [1.165, 1.54) is 0 Å². The number of carbonyl (C=O) groups is 1. The first-order valence-corrected chi connectivity index (χ1v) is 5.67. The fourth-order valence-corrected chi connectivity index (χ4v) is 1.99. The Morgan fingerprint density at radius 2 is 1.94 bits per heavy atom. The highest BCUT2D eigenvalue weighted by molar-refractivity contribution is 5.87. The zero-order chi connectivity index (χ0) is 13.2. The van der Waals surface area contributed by atoms with E-state index in [1.54, 1.807) is 13.0 Å². The molecular weight excluding hydrogens is 226 g/mol. The van der Waals surface area contributed by atoms with Gasteiger partial charge in [-0.25, -0.2) is 0 Å². The van der Waals surface area contributed by atoms with E-state index in [9.17, 15) is 9.90 Å². The largest absolute Gasteiger partial charge is 0.481 e. The Morgan fingerprint density at radius 1 is 1.28 bits per heavy atom. The van der Waals surface area contributed by atoms with Crippen molar-refractivity contribution in [3.05, 3.63) is 48.0 Å². The summed E-state index contributed by atoms with van der Waals surface area (Å²) in [7, 11) is 0. The van der Waals surface area contributed by atoms with Gasteiger partial charge in [-0.1, -0.05) is 36.4 Å². The number of hydrogen-bond acceptors (Lipinski definition) is 2. The molecule has 18 heavy (non-hydrogen) atoms. The third kappa shape index (κ3) is 1.93. The van der Waals surface area contributed by atoms with Crippen LogP contribution >= 0.6 is 0 Å². The van der Waals surface area contributed by atoms with Gasteiger partial charge in [0.25, 0.3) is 0 Å². The lowest BCUT2D eigenvalue weighted by Gasteiger charge is -2.22. The van der Waals surface area contributed by atoms with Gasteiger partial charge in [0.1, 0.15) is 5.41 Å². The molecule has 3 nitrogen and oxygen atoms in total. The summed E-state index contributed by atoms with van der Waals surface area (Å²) >= 11 is 0. The van der Waals surface area contributed by atoms with E-state index in [4.69, 9.17) is 5.26 Å². The molecule has 0 bridgehead atoms. The first-order valence-electron chi connectivity index (χ1n) is 5.67. The van der Waals surface area contributed by atoms with Crippen molar-refractivity contribution >= 4 is 16.7 Å². The molecule has 0 aliphatic rings. The smallest absolute Gasteiger partial charge is 0.314 e. The van der Waals surface area contributed by atoms with Gasteiger partial charge in [0.2, 0.25) is 0 Å². The van der Waals surface area contributed by atoms with E-state index in [2.05, 4.69) is 0 Å². The van der Waals surface area contributed by atoms with Crippen LogP contribution in [0.3, 0.4) is 0 Å². The van der Waals surface area contributed by atoms with Crippen LogP contribution in [0.4, 0.5) is 0 Å². The molecule has 1 N–H and O–H groups in total. The molecule has 0 fully saturated rings. The Hall–Kier alpha value is -2.34. The van der Waals surface area contributed by atoms with Crippen LogP contribution in [0.2, 0.25) is 0 Å². The van der Waals surface area contributed by atoms with Crippen LogP contribution in [0.25, 0.3) is 10.8 Å². The van der Waals surface area contributed by atoms with E-state index >= 15 is 0 Å². The van der Waals surface area contributed by atoms with Gasteiger partial charge in [0.15, 0.2) is 0 Å². The summed E-state index contributed by atoms with van der Waals surface area (Å²) < 4.78 is 0. The summed E-state index contributed by atoms with van der Waals surface area (Å²) in [4.78, 5) is 11.4. The number of rotatable bonds is 3. The molecule has 0 saturated carbocycles. The Kier molecular flexibility index (Phi) is 3.03. The first kappa shape index (κ1) is 12.1. The van der Waals surface area contributed by atoms with Gasteiger partial charge in [-0.3, -0.25) is 4.79 Å². The average molecular weight is 239 g/mol. The van der Waals surface area contributed by atoms with Crippen LogP contribution in [0, 0.1) is 11.3 Å². The van der Waals surface area contributed by atoms with Crippen molar-refractivity contribution in [3.63, 3.8) is 0 Å². The molecule has 0 aliphatic heterocycles. The highest BCUT2D eigenvalue weighted by atomic mass is 16.4. The Bertz CT molecular complexity index is 642. The molecule has 2 aromatic carbocycles. The topological polar surface area (TPSA) is 61.1 Å². The molecule has 1 atom stereocenters. The van der Waals surface area contributed by atoms with Crippen LogP contribution in [-0.4, -0.2) is 11.1 Å². The lowest BCUT2D eigenvalue weighted by Crippen LogP contribution is -2.31. The van der Waals surface area contributed by atoms with E-state index in [-0.39, 0.29) is 6.42 Å². The molecule has 0 amide bonds. The van der Waals surface area contributed by atoms with E-state index < -0.39 is 11.4 Å². The maximum absolute atomic E-state index is 11.4. The third-order valence-corrected chi connectivity index (χ3v) is 3.29. The van der Waals surface area contributed by atoms with Crippen molar-refractivity contribution in [2.45, 2.75) is 18.8 Å². The number of nitriles is 1. The Balaban J connectivity index is 2.59. The molecular formula is C15H13NO2. The summed E-state index contributed by atoms with van der Waals surface area (Å²) in [6.45, 7) is 1.59. The van der Waals surface area contributed by atoms with E-state index in [0.29, 0.717) is 5.56 Å². The van der Waals surface area contributed by atoms with Gasteiger partial charge in [0, 0.05) is 0 Å². The maximum atomic E-state index is 11.4. The van der Waals surface area contributed by atoms with Crippen molar-refractivity contribution in [1.82, 2.24) is 0 Å². The van der Waals surface area contributed by atoms with E-state index in [0.717, 1.165) is 10.8 Å². The Morgan fingerprint density at radius 3 is 2.56 bits per heavy atom. The second-order valence-corrected chi connectivity index (χ2v) is 4.53. The van der Waals surface area contributed by atoms with Crippen molar-refractivity contribution < 1.29 is 9.90 Å².